The first-order valence-electron chi connectivity index (χ1n) is 36.6. The predicted octanol–water partition coefficient (Wildman–Crippen LogP) is 23.4. The third-order valence-corrected chi connectivity index (χ3v) is 16.8. The van der Waals surface area contributed by atoms with E-state index in [2.05, 4.69) is 123 Å². The second kappa shape index (κ2) is 68.0. The minimum absolute atomic E-state index is 0.0349. The minimum Gasteiger partial charge on any atom is -0.756 e. The lowest BCUT2D eigenvalue weighted by molar-refractivity contribution is -0.870. The molecule has 88 heavy (non-hydrogen) atoms. The molecule has 0 N–H and O–H groups in total. The Bertz CT molecular complexity index is 1850. The molecule has 0 bridgehead atoms. The summed E-state index contributed by atoms with van der Waals surface area (Å²) in [5.74, 6) is -0.832. The van der Waals surface area contributed by atoms with Crippen LogP contribution in [0.2, 0.25) is 0 Å². The molecule has 0 aliphatic carbocycles. The van der Waals surface area contributed by atoms with E-state index in [9.17, 15) is 19.0 Å². The summed E-state index contributed by atoms with van der Waals surface area (Å²) in [6.45, 7) is 4.16. The van der Waals surface area contributed by atoms with Gasteiger partial charge in [0, 0.05) is 12.8 Å². The Morgan fingerprint density at radius 1 is 0.364 bits per heavy atom. The number of phosphoric acid groups is 1. The normalized spacial score (nSPS) is 13.8. The van der Waals surface area contributed by atoms with Gasteiger partial charge in [-0.25, -0.2) is 0 Å². The molecule has 0 radical (unpaired) electrons. The van der Waals surface area contributed by atoms with Crippen LogP contribution in [0.15, 0.2) is 109 Å². The molecule has 0 aromatic heterocycles. The molecule has 2 atom stereocenters. The van der Waals surface area contributed by atoms with Crippen LogP contribution in [-0.2, 0) is 32.7 Å². The number of phosphoric ester groups is 1. The highest BCUT2D eigenvalue weighted by Crippen LogP contribution is 2.38. The van der Waals surface area contributed by atoms with E-state index in [0.29, 0.717) is 17.4 Å². The topological polar surface area (TPSA) is 111 Å². The van der Waals surface area contributed by atoms with E-state index in [-0.39, 0.29) is 32.0 Å². The standard InChI is InChI=1S/C78H138NO8P/c1-6-8-10-12-14-16-18-20-22-24-26-28-30-32-34-35-36-37-38-39-40-41-42-43-45-47-49-51-53-55-57-59-61-63-65-67-69-71-78(81)87-76(75-86-88(82,83)85-73-72-79(3,4)5)74-84-77(80)70-68-66-64-62-60-58-56-54-52-50-48-46-44-33-31-29-27-25-23-21-19-17-15-13-11-9-7-2/h8,10,14,16,20,22,26,28,32,34,36-37,39-40,42-43,47,49,76H,6-7,9,11-13,15,17-19,21,23-25,27,29-31,33,35,38,41,44-46,48,50-75H2,1-5H3/b10-8-,16-14-,22-20-,28-26-,34-32-,37-36-,40-39-,43-42-,49-47-. The second-order valence-electron chi connectivity index (χ2n) is 25.6. The summed E-state index contributed by atoms with van der Waals surface area (Å²) in [4.78, 5) is 38.1. The molecular formula is C78H138NO8P. The number of nitrogens with zero attached hydrogens (tertiary/aromatic N) is 1. The highest BCUT2D eigenvalue weighted by atomic mass is 31.2. The molecule has 508 valence electrons. The maximum absolute atomic E-state index is 12.9. The van der Waals surface area contributed by atoms with Crippen LogP contribution < -0.4 is 4.89 Å². The van der Waals surface area contributed by atoms with Gasteiger partial charge in [0.05, 0.1) is 27.7 Å². The number of unbranched alkanes of at least 4 members (excludes halogenated alkanes) is 35. The first-order valence-corrected chi connectivity index (χ1v) is 38.1. The molecule has 0 amide bonds. The largest absolute Gasteiger partial charge is 0.756 e. The quantitative estimate of drug-likeness (QED) is 0.0195. The number of ether oxygens (including phenoxy) is 2. The number of quaternary nitrogens is 1. The zero-order chi connectivity index (χ0) is 64.1. The summed E-state index contributed by atoms with van der Waals surface area (Å²) in [6, 6.07) is 0. The Morgan fingerprint density at radius 2 is 0.648 bits per heavy atom. The Hall–Kier alpha value is -3.33. The van der Waals surface area contributed by atoms with Crippen LogP contribution in [0.4, 0.5) is 0 Å². The van der Waals surface area contributed by atoms with E-state index in [0.717, 1.165) is 103 Å². The van der Waals surface area contributed by atoms with Crippen LogP contribution in [0.1, 0.15) is 322 Å². The summed E-state index contributed by atoms with van der Waals surface area (Å²) >= 11 is 0. The van der Waals surface area contributed by atoms with Crippen LogP contribution in [0, 0.1) is 0 Å². The molecule has 0 aliphatic rings. The van der Waals surface area contributed by atoms with Gasteiger partial charge < -0.3 is 27.9 Å². The Labute approximate surface area is 544 Å². The number of allylic oxidation sites excluding steroid dienone is 18. The van der Waals surface area contributed by atoms with Crippen molar-refractivity contribution in [3.8, 4) is 0 Å². The van der Waals surface area contributed by atoms with Crippen molar-refractivity contribution in [2.24, 2.45) is 0 Å². The predicted molar refractivity (Wildman–Crippen MR) is 378 cm³/mol. The third kappa shape index (κ3) is 71.7. The van der Waals surface area contributed by atoms with Crippen molar-refractivity contribution >= 4 is 19.8 Å². The SMILES string of the molecule is CC/C=C\C/C=C\C/C=C\C/C=C\C/C=C\C/C=C\C/C=C\C/C=C\C/C=C\CCCCCCCCCCCC(=O)OC(COC(=O)CCCCCCCCCCCCCCCCCCCCCCCCCCCCC)COP(=O)([O-])OCC[N+](C)(C)C. The lowest BCUT2D eigenvalue weighted by atomic mass is 10.0. The fraction of sp³-hybridized carbons (Fsp3) is 0.744. The zero-order valence-electron chi connectivity index (χ0n) is 57.9. The highest BCUT2D eigenvalue weighted by Gasteiger charge is 2.22. The lowest BCUT2D eigenvalue weighted by Gasteiger charge is -2.28. The number of carbonyl (C=O) groups excluding carboxylic acids is 2. The van der Waals surface area contributed by atoms with Gasteiger partial charge in [0.25, 0.3) is 7.82 Å². The Morgan fingerprint density at radius 3 is 0.966 bits per heavy atom. The Balaban J connectivity index is 4.07. The van der Waals surface area contributed by atoms with Crippen molar-refractivity contribution in [2.45, 2.75) is 328 Å². The maximum atomic E-state index is 12.9. The van der Waals surface area contributed by atoms with E-state index in [1.165, 1.54) is 186 Å². The number of likely N-dealkylation sites (N-methyl/N-ethyl adjacent to an activating group) is 1. The molecule has 0 rings (SSSR count). The number of rotatable bonds is 67. The summed E-state index contributed by atoms with van der Waals surface area (Å²) < 4.78 is 34.3. The van der Waals surface area contributed by atoms with Gasteiger partial charge in [-0.3, -0.25) is 14.2 Å². The van der Waals surface area contributed by atoms with Crippen molar-refractivity contribution in [1.82, 2.24) is 0 Å². The summed E-state index contributed by atoms with van der Waals surface area (Å²) in [5, 5.41) is 0. The fourth-order valence-electron chi connectivity index (χ4n) is 10.2. The monoisotopic (exact) mass is 1250 g/mol. The molecule has 0 aliphatic heterocycles. The second-order valence-corrected chi connectivity index (χ2v) is 27.0. The first-order chi connectivity index (χ1) is 43.0. The highest BCUT2D eigenvalue weighted by molar-refractivity contribution is 7.45. The van der Waals surface area contributed by atoms with Gasteiger partial charge in [-0.2, -0.15) is 0 Å². The van der Waals surface area contributed by atoms with Gasteiger partial charge >= 0.3 is 11.9 Å². The van der Waals surface area contributed by atoms with Gasteiger partial charge in [0.15, 0.2) is 6.10 Å². The average Bonchev–Trinajstić information content (AvgIpc) is 3.68. The summed E-state index contributed by atoms with van der Waals surface area (Å²) in [5.41, 5.74) is 0. The van der Waals surface area contributed by atoms with Crippen molar-refractivity contribution in [3.05, 3.63) is 109 Å². The molecule has 2 unspecified atom stereocenters. The fourth-order valence-corrected chi connectivity index (χ4v) is 11.0. The molecule has 0 aromatic rings. The maximum Gasteiger partial charge on any atom is 0.306 e. The summed E-state index contributed by atoms with van der Waals surface area (Å²) in [6.07, 6.45) is 96.0. The number of carbonyl (C=O) groups is 2. The van der Waals surface area contributed by atoms with Gasteiger partial charge in [-0.05, 0) is 83.5 Å². The summed E-state index contributed by atoms with van der Waals surface area (Å²) in [7, 11) is 1.16. The van der Waals surface area contributed by atoms with Gasteiger partial charge in [0.2, 0.25) is 0 Å². The van der Waals surface area contributed by atoms with Crippen LogP contribution in [0.25, 0.3) is 0 Å². The van der Waals surface area contributed by atoms with Gasteiger partial charge in [-0.15, -0.1) is 0 Å². The van der Waals surface area contributed by atoms with E-state index in [4.69, 9.17) is 18.5 Å². The third-order valence-electron chi connectivity index (χ3n) is 15.8. The first kappa shape index (κ1) is 84.7. The molecule has 0 saturated carbocycles. The number of hydrogen-bond donors (Lipinski definition) is 0. The molecule has 0 spiro atoms. The molecule has 0 fully saturated rings. The van der Waals surface area contributed by atoms with Crippen LogP contribution in [0.3, 0.4) is 0 Å². The molecule has 0 saturated heterocycles. The van der Waals surface area contributed by atoms with Crippen molar-refractivity contribution < 1.29 is 42.1 Å². The smallest absolute Gasteiger partial charge is 0.306 e. The Kier molecular flexibility index (Phi) is 65.5. The number of esters is 2. The van der Waals surface area contributed by atoms with Crippen LogP contribution in [0.5, 0.6) is 0 Å². The van der Waals surface area contributed by atoms with E-state index < -0.39 is 26.5 Å². The van der Waals surface area contributed by atoms with E-state index >= 15 is 0 Å². The zero-order valence-corrected chi connectivity index (χ0v) is 58.8. The van der Waals surface area contributed by atoms with Gasteiger partial charge in [-0.1, -0.05) is 335 Å². The van der Waals surface area contributed by atoms with Crippen molar-refractivity contribution in [1.29, 1.82) is 0 Å². The minimum atomic E-state index is -4.65. The van der Waals surface area contributed by atoms with Crippen molar-refractivity contribution in [2.75, 3.05) is 47.5 Å². The van der Waals surface area contributed by atoms with Crippen molar-refractivity contribution in [3.63, 3.8) is 0 Å². The lowest BCUT2D eigenvalue weighted by Crippen LogP contribution is -2.37. The van der Waals surface area contributed by atoms with E-state index in [1.807, 2.05) is 21.1 Å². The van der Waals surface area contributed by atoms with Crippen LogP contribution >= 0.6 is 7.82 Å². The average molecular weight is 1250 g/mol. The number of hydrogen-bond acceptors (Lipinski definition) is 8. The molecular weight excluding hydrogens is 1110 g/mol. The van der Waals surface area contributed by atoms with Gasteiger partial charge in [0.1, 0.15) is 19.8 Å². The molecule has 0 aromatic carbocycles. The molecule has 0 heterocycles. The molecule has 9 nitrogen and oxygen atoms in total. The van der Waals surface area contributed by atoms with E-state index in [1.54, 1.807) is 0 Å². The van der Waals surface area contributed by atoms with Crippen LogP contribution in [-0.4, -0.2) is 70.0 Å². The molecule has 10 heteroatoms.